The Morgan fingerprint density at radius 1 is 1.14 bits per heavy atom. The number of ketones is 1. The van der Waals surface area contributed by atoms with Crippen LogP contribution in [0.2, 0.25) is 0 Å². The van der Waals surface area contributed by atoms with Crippen LogP contribution in [0.15, 0.2) is 40.9 Å². The van der Waals surface area contributed by atoms with Crippen molar-refractivity contribution in [1.29, 1.82) is 0 Å². The summed E-state index contributed by atoms with van der Waals surface area (Å²) < 4.78 is 12.3. The van der Waals surface area contributed by atoms with Gasteiger partial charge in [-0.1, -0.05) is 34.1 Å². The Morgan fingerprint density at radius 2 is 1.76 bits per heavy atom. The van der Waals surface area contributed by atoms with Crippen LogP contribution >= 0.6 is 38.5 Å². The summed E-state index contributed by atoms with van der Waals surface area (Å²) >= 11 is 5.62. The van der Waals surface area contributed by atoms with Crippen LogP contribution in [0, 0.1) is 3.57 Å². The molecule has 0 saturated carbocycles. The maximum Gasteiger partial charge on any atom is 0.168 e. The zero-order chi connectivity index (χ0) is 15.4. The van der Waals surface area contributed by atoms with Gasteiger partial charge in [0.05, 0.1) is 14.2 Å². The molecule has 0 unspecified atom stereocenters. The highest BCUT2D eigenvalue weighted by atomic mass is 127. The van der Waals surface area contributed by atoms with Gasteiger partial charge in [0.25, 0.3) is 0 Å². The molecule has 2 aromatic rings. The van der Waals surface area contributed by atoms with Gasteiger partial charge in [0, 0.05) is 20.0 Å². The number of rotatable bonds is 5. The Kier molecular flexibility index (Phi) is 5.64. The van der Waals surface area contributed by atoms with Crippen molar-refractivity contribution in [3.63, 3.8) is 0 Å². The number of Topliss-reactive ketones (excluding diaryl/α,β-unsaturated/α-hetero) is 1. The lowest BCUT2D eigenvalue weighted by Crippen LogP contribution is -2.06. The summed E-state index contributed by atoms with van der Waals surface area (Å²) in [6.07, 6.45) is 0.321. The largest absolute Gasteiger partial charge is 0.493 e. The lowest BCUT2D eigenvalue weighted by molar-refractivity contribution is 0.0992. The first-order chi connectivity index (χ1) is 10.1. The first-order valence-electron chi connectivity index (χ1n) is 6.25. The second-order valence-electron chi connectivity index (χ2n) is 4.38. The zero-order valence-corrected chi connectivity index (χ0v) is 15.4. The minimum atomic E-state index is 0.0626. The van der Waals surface area contributed by atoms with Crippen molar-refractivity contribution in [3.8, 4) is 11.5 Å². The minimum Gasteiger partial charge on any atom is -0.493 e. The molecular weight excluding hydrogens is 447 g/mol. The van der Waals surface area contributed by atoms with E-state index >= 15 is 0 Å². The van der Waals surface area contributed by atoms with Crippen molar-refractivity contribution in [2.75, 3.05) is 14.2 Å². The highest BCUT2D eigenvalue weighted by molar-refractivity contribution is 14.1. The minimum absolute atomic E-state index is 0.0626. The van der Waals surface area contributed by atoms with Gasteiger partial charge in [0.2, 0.25) is 0 Å². The molecule has 0 radical (unpaired) electrons. The van der Waals surface area contributed by atoms with Crippen LogP contribution < -0.4 is 9.47 Å². The molecule has 2 aromatic carbocycles. The summed E-state index contributed by atoms with van der Waals surface area (Å²) in [6, 6.07) is 11.2. The van der Waals surface area contributed by atoms with Crippen molar-refractivity contribution in [1.82, 2.24) is 0 Å². The molecule has 0 bridgehead atoms. The fraction of sp³-hybridized carbons (Fsp3) is 0.188. The Morgan fingerprint density at radius 3 is 2.38 bits per heavy atom. The number of methoxy groups -OCH3 is 2. The summed E-state index contributed by atoms with van der Waals surface area (Å²) in [5, 5.41) is 0. The van der Waals surface area contributed by atoms with E-state index in [2.05, 4.69) is 38.5 Å². The summed E-state index contributed by atoms with van der Waals surface area (Å²) in [5.74, 6) is 1.36. The average molecular weight is 461 g/mol. The van der Waals surface area contributed by atoms with E-state index in [0.29, 0.717) is 23.5 Å². The van der Waals surface area contributed by atoms with E-state index < -0.39 is 0 Å². The molecule has 0 aliphatic carbocycles. The average Bonchev–Trinajstić information content (AvgIpc) is 2.49. The molecule has 0 fully saturated rings. The molecule has 110 valence electrons. The van der Waals surface area contributed by atoms with E-state index in [9.17, 15) is 4.79 Å². The van der Waals surface area contributed by atoms with Crippen LogP contribution in [0.1, 0.15) is 15.9 Å². The molecule has 0 amide bonds. The molecule has 2 rings (SSSR count). The Bertz CT molecular complexity index is 671. The predicted molar refractivity (Wildman–Crippen MR) is 94.4 cm³/mol. The molecule has 0 saturated heterocycles. The van der Waals surface area contributed by atoms with Crippen molar-refractivity contribution in [3.05, 3.63) is 55.6 Å². The molecule has 0 spiro atoms. The summed E-state index contributed by atoms with van der Waals surface area (Å²) in [4.78, 5) is 12.4. The quantitative estimate of drug-likeness (QED) is 0.487. The third-order valence-electron chi connectivity index (χ3n) is 3.08. The Hall–Kier alpha value is -1.08. The van der Waals surface area contributed by atoms with Crippen LogP contribution in [0.25, 0.3) is 0 Å². The first kappa shape index (κ1) is 16.3. The van der Waals surface area contributed by atoms with Crippen LogP contribution in [0.3, 0.4) is 0 Å². The molecule has 3 nitrogen and oxygen atoms in total. The van der Waals surface area contributed by atoms with Gasteiger partial charge in [-0.05, 0) is 46.4 Å². The molecule has 0 N–H and O–H groups in total. The second-order valence-corrected chi connectivity index (χ2v) is 6.39. The van der Waals surface area contributed by atoms with Gasteiger partial charge in [0.15, 0.2) is 17.3 Å². The zero-order valence-electron chi connectivity index (χ0n) is 11.7. The van der Waals surface area contributed by atoms with Gasteiger partial charge in [-0.2, -0.15) is 0 Å². The van der Waals surface area contributed by atoms with Crippen LogP contribution in [0.4, 0.5) is 0 Å². The van der Waals surface area contributed by atoms with Crippen LogP contribution in [-0.4, -0.2) is 20.0 Å². The SMILES string of the molecule is COc1cc(I)c(CC(=O)c2ccccc2Br)cc1OC. The molecular formula is C16H14BrIO3. The lowest BCUT2D eigenvalue weighted by Gasteiger charge is -2.12. The highest BCUT2D eigenvalue weighted by Crippen LogP contribution is 2.32. The molecule has 0 aromatic heterocycles. The summed E-state index contributed by atoms with van der Waals surface area (Å²) in [5.41, 5.74) is 1.61. The standard InChI is InChI=1S/C16H14BrIO3/c1-20-15-8-10(13(18)9-16(15)21-2)7-14(19)11-5-3-4-6-12(11)17/h3-6,8-9H,7H2,1-2H3. The third kappa shape index (κ3) is 3.77. The Balaban J connectivity index is 2.31. The number of ether oxygens (including phenoxy) is 2. The van der Waals surface area contributed by atoms with Gasteiger partial charge < -0.3 is 9.47 Å². The lowest BCUT2D eigenvalue weighted by atomic mass is 10.0. The Labute approximate surface area is 145 Å². The molecule has 0 atom stereocenters. The monoisotopic (exact) mass is 460 g/mol. The van der Waals surface area contributed by atoms with Crippen molar-refractivity contribution < 1.29 is 14.3 Å². The number of carbonyl (C=O) groups is 1. The topological polar surface area (TPSA) is 35.5 Å². The van der Waals surface area contributed by atoms with Crippen LogP contribution in [0.5, 0.6) is 11.5 Å². The van der Waals surface area contributed by atoms with Crippen molar-refractivity contribution in [2.45, 2.75) is 6.42 Å². The fourth-order valence-corrected chi connectivity index (χ4v) is 3.12. The van der Waals surface area contributed by atoms with E-state index in [4.69, 9.17) is 9.47 Å². The fourth-order valence-electron chi connectivity index (χ4n) is 1.99. The molecule has 0 heterocycles. The normalized spacial score (nSPS) is 10.3. The van der Waals surface area contributed by atoms with Crippen molar-refractivity contribution >= 4 is 44.3 Å². The molecule has 0 aliphatic heterocycles. The van der Waals surface area contributed by atoms with Crippen LogP contribution in [-0.2, 0) is 6.42 Å². The second kappa shape index (κ2) is 7.26. The van der Waals surface area contributed by atoms with E-state index in [1.165, 1.54) is 0 Å². The van der Waals surface area contributed by atoms with Gasteiger partial charge in [-0.3, -0.25) is 4.79 Å². The summed E-state index contributed by atoms with van der Waals surface area (Å²) in [6.45, 7) is 0. The number of benzene rings is 2. The van der Waals surface area contributed by atoms with E-state index in [1.807, 2.05) is 36.4 Å². The van der Waals surface area contributed by atoms with E-state index in [-0.39, 0.29) is 5.78 Å². The van der Waals surface area contributed by atoms with Crippen molar-refractivity contribution in [2.24, 2.45) is 0 Å². The number of hydrogen-bond donors (Lipinski definition) is 0. The molecule has 5 heteroatoms. The van der Waals surface area contributed by atoms with Gasteiger partial charge in [-0.15, -0.1) is 0 Å². The predicted octanol–water partition coefficient (Wildman–Crippen LogP) is 4.50. The number of hydrogen-bond acceptors (Lipinski definition) is 3. The first-order valence-corrected chi connectivity index (χ1v) is 8.12. The number of halogens is 2. The molecule has 0 aliphatic rings. The maximum atomic E-state index is 12.4. The third-order valence-corrected chi connectivity index (χ3v) is 4.77. The van der Waals surface area contributed by atoms with Gasteiger partial charge in [-0.25, -0.2) is 0 Å². The highest BCUT2D eigenvalue weighted by Gasteiger charge is 2.15. The van der Waals surface area contributed by atoms with E-state index in [1.54, 1.807) is 14.2 Å². The molecule has 21 heavy (non-hydrogen) atoms. The van der Waals surface area contributed by atoms with E-state index in [0.717, 1.165) is 13.6 Å². The number of carbonyl (C=O) groups excluding carboxylic acids is 1. The van der Waals surface area contributed by atoms with Gasteiger partial charge >= 0.3 is 0 Å². The summed E-state index contributed by atoms with van der Waals surface area (Å²) in [7, 11) is 3.18. The maximum absolute atomic E-state index is 12.4. The van der Waals surface area contributed by atoms with Gasteiger partial charge in [0.1, 0.15) is 0 Å². The smallest absolute Gasteiger partial charge is 0.168 e.